The predicted molar refractivity (Wildman–Crippen MR) is 94.6 cm³/mol. The van der Waals surface area contributed by atoms with Gasteiger partial charge in [0.15, 0.2) is 0 Å². The van der Waals surface area contributed by atoms with Crippen LogP contribution in [0.25, 0.3) is 0 Å². The molecule has 1 aliphatic heterocycles. The second-order valence-corrected chi connectivity index (χ2v) is 6.04. The molecule has 1 N–H and O–H groups in total. The van der Waals surface area contributed by atoms with Gasteiger partial charge in [0.05, 0.1) is 20.3 Å². The Balaban J connectivity index is 1.83. The molecular formula is C18H24N4O4. The fourth-order valence-corrected chi connectivity index (χ4v) is 2.83. The van der Waals surface area contributed by atoms with E-state index in [-0.39, 0.29) is 18.4 Å². The van der Waals surface area contributed by atoms with E-state index in [4.69, 9.17) is 14.2 Å². The Morgan fingerprint density at radius 3 is 2.65 bits per heavy atom. The lowest BCUT2D eigenvalue weighted by molar-refractivity contribution is 0.0508. The highest BCUT2D eigenvalue weighted by Gasteiger charge is 2.26. The normalized spacial score (nSPS) is 14.8. The Kier molecular flexibility index (Phi) is 6.06. The monoisotopic (exact) mass is 360 g/mol. The second kappa shape index (κ2) is 8.66. The number of benzene rings is 1. The molecule has 0 spiro atoms. The van der Waals surface area contributed by atoms with Gasteiger partial charge in [-0.1, -0.05) is 17.3 Å². The molecule has 8 nitrogen and oxygen atoms in total. The zero-order valence-corrected chi connectivity index (χ0v) is 15.1. The fraction of sp³-hybridized carbons (Fsp3) is 0.500. The zero-order valence-electron chi connectivity index (χ0n) is 15.1. The molecule has 0 amide bonds. The molecule has 26 heavy (non-hydrogen) atoms. The molecule has 0 saturated carbocycles. The van der Waals surface area contributed by atoms with E-state index in [0.29, 0.717) is 12.4 Å². The van der Waals surface area contributed by atoms with Crippen molar-refractivity contribution in [3.8, 4) is 11.6 Å². The summed E-state index contributed by atoms with van der Waals surface area (Å²) in [5.41, 5.74) is 1.13. The van der Waals surface area contributed by atoms with Crippen molar-refractivity contribution in [1.29, 1.82) is 0 Å². The van der Waals surface area contributed by atoms with Crippen molar-refractivity contribution < 1.29 is 19.0 Å². The number of carbonyl (C=O) groups excluding carboxylic acids is 1. The van der Waals surface area contributed by atoms with E-state index in [1.807, 2.05) is 24.3 Å². The van der Waals surface area contributed by atoms with Crippen molar-refractivity contribution >= 4 is 5.97 Å². The molecule has 0 radical (unpaired) electrons. The average Bonchev–Trinajstić information content (AvgIpc) is 3.06. The molecule has 1 saturated heterocycles. The molecule has 1 aliphatic rings. The van der Waals surface area contributed by atoms with Crippen LogP contribution in [0.3, 0.4) is 0 Å². The Morgan fingerprint density at radius 2 is 2.00 bits per heavy atom. The van der Waals surface area contributed by atoms with Crippen LogP contribution in [0.15, 0.2) is 24.3 Å². The number of esters is 1. The largest absolute Gasteiger partial charge is 0.497 e. The van der Waals surface area contributed by atoms with Crippen LogP contribution in [0.5, 0.6) is 11.6 Å². The third-order valence-electron chi connectivity index (χ3n) is 4.21. The molecule has 0 bridgehead atoms. The average molecular weight is 360 g/mol. The van der Waals surface area contributed by atoms with Gasteiger partial charge in [0.1, 0.15) is 11.9 Å². The highest BCUT2D eigenvalue weighted by molar-refractivity contribution is 5.89. The minimum absolute atomic E-state index is 0.0255. The van der Waals surface area contributed by atoms with Gasteiger partial charge in [-0.3, -0.25) is 0 Å². The van der Waals surface area contributed by atoms with Gasteiger partial charge in [-0.05, 0) is 50.6 Å². The molecule has 1 aromatic heterocycles. The Morgan fingerprint density at radius 1 is 1.27 bits per heavy atom. The second-order valence-electron chi connectivity index (χ2n) is 6.04. The van der Waals surface area contributed by atoms with Gasteiger partial charge in [-0.25, -0.2) is 9.48 Å². The molecule has 3 rings (SSSR count). The van der Waals surface area contributed by atoms with Gasteiger partial charge in [-0.2, -0.15) is 0 Å². The summed E-state index contributed by atoms with van der Waals surface area (Å²) >= 11 is 0. The minimum atomic E-state index is -0.516. The lowest BCUT2D eigenvalue weighted by atomic mass is 10.1. The number of aromatic nitrogens is 3. The van der Waals surface area contributed by atoms with Crippen molar-refractivity contribution in [2.75, 3.05) is 26.8 Å². The van der Waals surface area contributed by atoms with Crippen molar-refractivity contribution in [2.24, 2.45) is 0 Å². The number of hydrogen-bond acceptors (Lipinski definition) is 7. The third-order valence-corrected chi connectivity index (χ3v) is 4.21. The topological polar surface area (TPSA) is 87.5 Å². The first-order chi connectivity index (χ1) is 12.7. The number of piperidine rings is 1. The molecule has 1 fully saturated rings. The summed E-state index contributed by atoms with van der Waals surface area (Å²) < 4.78 is 18.0. The van der Waals surface area contributed by atoms with Gasteiger partial charge < -0.3 is 19.5 Å². The highest BCUT2D eigenvalue weighted by Crippen LogP contribution is 2.23. The number of nitrogens with one attached hydrogen (secondary N) is 1. The van der Waals surface area contributed by atoms with Crippen molar-refractivity contribution in [1.82, 2.24) is 20.3 Å². The van der Waals surface area contributed by atoms with Crippen LogP contribution in [0.4, 0.5) is 0 Å². The summed E-state index contributed by atoms with van der Waals surface area (Å²) in [4.78, 5) is 12.2. The summed E-state index contributed by atoms with van der Waals surface area (Å²) in [7, 11) is 1.63. The van der Waals surface area contributed by atoms with Gasteiger partial charge in [0.2, 0.25) is 11.6 Å². The number of carbonyl (C=O) groups is 1. The first-order valence-corrected chi connectivity index (χ1v) is 8.82. The minimum Gasteiger partial charge on any atom is -0.497 e. The summed E-state index contributed by atoms with van der Waals surface area (Å²) in [6.07, 6.45) is 1.77. The first kappa shape index (κ1) is 18.2. The maximum absolute atomic E-state index is 12.2. The number of hydrogen-bond donors (Lipinski definition) is 1. The van der Waals surface area contributed by atoms with E-state index in [0.717, 1.165) is 37.2 Å². The molecule has 2 heterocycles. The van der Waals surface area contributed by atoms with E-state index >= 15 is 0 Å². The fourth-order valence-electron chi connectivity index (χ4n) is 2.83. The molecule has 0 aliphatic carbocycles. The first-order valence-electron chi connectivity index (χ1n) is 8.82. The van der Waals surface area contributed by atoms with Gasteiger partial charge in [0, 0.05) is 0 Å². The molecular weight excluding hydrogens is 336 g/mol. The van der Waals surface area contributed by atoms with Gasteiger partial charge >= 0.3 is 5.97 Å². The summed E-state index contributed by atoms with van der Waals surface area (Å²) in [6, 6.07) is 7.65. The van der Waals surface area contributed by atoms with E-state index < -0.39 is 5.97 Å². The Bertz CT molecular complexity index is 723. The smallest absolute Gasteiger partial charge is 0.364 e. The lowest BCUT2D eigenvalue weighted by Gasteiger charge is -2.24. The summed E-state index contributed by atoms with van der Waals surface area (Å²) in [5.74, 6) is 0.634. The maximum atomic E-state index is 12.2. The maximum Gasteiger partial charge on any atom is 0.364 e. The van der Waals surface area contributed by atoms with Crippen LogP contribution in [-0.4, -0.2) is 53.9 Å². The standard InChI is InChI=1S/C18H24N4O4/c1-3-25-18(23)16-17(26-15-8-10-19-11-9-15)22(21-20-16)12-13-4-6-14(24-2)7-5-13/h4-7,15,19H,3,8-12H2,1-2H3. The lowest BCUT2D eigenvalue weighted by Crippen LogP contribution is -2.34. The molecule has 0 atom stereocenters. The molecule has 1 aromatic carbocycles. The summed E-state index contributed by atoms with van der Waals surface area (Å²) in [6.45, 7) is 4.25. The van der Waals surface area contributed by atoms with Crippen LogP contribution in [0, 0.1) is 0 Å². The van der Waals surface area contributed by atoms with Crippen LogP contribution in [0.1, 0.15) is 35.8 Å². The number of methoxy groups -OCH3 is 1. The van der Waals surface area contributed by atoms with E-state index in [2.05, 4.69) is 15.6 Å². The van der Waals surface area contributed by atoms with E-state index in [9.17, 15) is 4.79 Å². The van der Waals surface area contributed by atoms with Crippen molar-refractivity contribution in [2.45, 2.75) is 32.4 Å². The summed E-state index contributed by atoms with van der Waals surface area (Å²) in [5, 5.41) is 11.4. The van der Waals surface area contributed by atoms with Crippen molar-refractivity contribution in [3.05, 3.63) is 35.5 Å². The zero-order chi connectivity index (χ0) is 18.4. The Hall–Kier alpha value is -2.61. The quantitative estimate of drug-likeness (QED) is 0.751. The van der Waals surface area contributed by atoms with E-state index in [1.165, 1.54) is 0 Å². The number of rotatable bonds is 7. The molecule has 8 heteroatoms. The van der Waals surface area contributed by atoms with E-state index in [1.54, 1.807) is 18.7 Å². The number of ether oxygens (including phenoxy) is 3. The molecule has 140 valence electrons. The Labute approximate surface area is 152 Å². The SMILES string of the molecule is CCOC(=O)c1nnn(Cc2ccc(OC)cc2)c1OC1CCNCC1. The van der Waals surface area contributed by atoms with Gasteiger partial charge in [0.25, 0.3) is 0 Å². The van der Waals surface area contributed by atoms with Crippen LogP contribution in [0.2, 0.25) is 0 Å². The molecule has 0 unspecified atom stereocenters. The predicted octanol–water partition coefficient (Wildman–Crippen LogP) is 1.64. The van der Waals surface area contributed by atoms with Crippen LogP contribution >= 0.6 is 0 Å². The molecule has 2 aromatic rings. The van der Waals surface area contributed by atoms with Crippen molar-refractivity contribution in [3.63, 3.8) is 0 Å². The number of nitrogens with zero attached hydrogens (tertiary/aromatic N) is 3. The van der Waals surface area contributed by atoms with Gasteiger partial charge in [-0.15, -0.1) is 5.10 Å². The van der Waals surface area contributed by atoms with Crippen LogP contribution < -0.4 is 14.8 Å². The highest BCUT2D eigenvalue weighted by atomic mass is 16.5. The third kappa shape index (κ3) is 4.32. The van der Waals surface area contributed by atoms with Crippen LogP contribution in [-0.2, 0) is 11.3 Å².